The molecule has 1 rings (SSSR count). The van der Waals surface area contributed by atoms with Crippen LogP contribution in [-0.2, 0) is 4.74 Å². The van der Waals surface area contributed by atoms with Gasteiger partial charge in [0.05, 0.1) is 7.11 Å². The van der Waals surface area contributed by atoms with Crippen molar-refractivity contribution in [2.45, 2.75) is 52.2 Å². The molecule has 1 fully saturated rings. The van der Waals surface area contributed by atoms with E-state index in [9.17, 15) is 4.79 Å². The third-order valence-corrected chi connectivity index (χ3v) is 3.51. The van der Waals surface area contributed by atoms with Crippen LogP contribution in [0.25, 0.3) is 0 Å². The van der Waals surface area contributed by atoms with E-state index in [2.05, 4.69) is 42.6 Å². The van der Waals surface area contributed by atoms with Crippen molar-refractivity contribution < 1.29 is 9.53 Å². The summed E-state index contributed by atoms with van der Waals surface area (Å²) in [6.07, 6.45) is 0.601. The number of hydrogen-bond donors (Lipinski definition) is 2. The molecule has 0 radical (unpaired) electrons. The van der Waals surface area contributed by atoms with Gasteiger partial charge in [0.15, 0.2) is 0 Å². The summed E-state index contributed by atoms with van der Waals surface area (Å²) in [7, 11) is 1.39. The van der Waals surface area contributed by atoms with Gasteiger partial charge in [-0.15, -0.1) is 0 Å². The molecule has 0 spiro atoms. The van der Waals surface area contributed by atoms with Crippen LogP contribution >= 0.6 is 0 Å². The number of alkyl carbamates (subject to hydrolysis) is 1. The Labute approximate surface area is 110 Å². The van der Waals surface area contributed by atoms with E-state index in [0.717, 1.165) is 19.5 Å². The third-order valence-electron chi connectivity index (χ3n) is 3.51. The average molecular weight is 257 g/mol. The number of nitrogens with one attached hydrogen (secondary N) is 1. The molecule has 0 aliphatic carbocycles. The number of carbonyl (C=O) groups is 1. The molecule has 3 unspecified atom stereocenters. The van der Waals surface area contributed by atoms with E-state index >= 15 is 0 Å². The molecule has 0 aromatic rings. The summed E-state index contributed by atoms with van der Waals surface area (Å²) in [6.45, 7) is 10.5. The normalized spacial score (nSPS) is 24.7. The zero-order valence-corrected chi connectivity index (χ0v) is 12.2. The Kier molecular flexibility index (Phi) is 4.99. The lowest BCUT2D eigenvalue weighted by atomic mass is 9.82. The van der Waals surface area contributed by atoms with Gasteiger partial charge in [-0.2, -0.15) is 0 Å². The van der Waals surface area contributed by atoms with Gasteiger partial charge in [0.25, 0.3) is 0 Å². The zero-order chi connectivity index (χ0) is 13.9. The zero-order valence-electron chi connectivity index (χ0n) is 12.2. The topological polar surface area (TPSA) is 67.6 Å². The minimum atomic E-state index is -0.352. The fraction of sp³-hybridized carbons (Fsp3) is 0.923. The van der Waals surface area contributed by atoms with Gasteiger partial charge in [-0.25, -0.2) is 4.79 Å². The fourth-order valence-electron chi connectivity index (χ4n) is 3.05. The van der Waals surface area contributed by atoms with Gasteiger partial charge in [0, 0.05) is 31.2 Å². The largest absolute Gasteiger partial charge is 0.453 e. The number of carbonyl (C=O) groups excluding carboxylic acids is 1. The molecule has 1 amide bonds. The van der Waals surface area contributed by atoms with Gasteiger partial charge >= 0.3 is 6.09 Å². The van der Waals surface area contributed by atoms with E-state index in [1.54, 1.807) is 0 Å². The smallest absolute Gasteiger partial charge is 0.407 e. The Balaban J connectivity index is 2.61. The molecular formula is C13H27N3O2. The first kappa shape index (κ1) is 15.2. The van der Waals surface area contributed by atoms with Crippen molar-refractivity contribution in [1.82, 2.24) is 10.2 Å². The Bertz CT molecular complexity index is 286. The summed E-state index contributed by atoms with van der Waals surface area (Å²) < 4.78 is 4.63. The molecule has 0 aromatic heterocycles. The highest BCUT2D eigenvalue weighted by atomic mass is 16.5. The average Bonchev–Trinajstić information content (AvgIpc) is 2.63. The first-order chi connectivity index (χ1) is 8.25. The Morgan fingerprint density at radius 2 is 2.11 bits per heavy atom. The SMILES string of the molecule is COC(=O)NC1CCN(C(C(C)N)C(C)(C)C)C1. The lowest BCUT2D eigenvalue weighted by molar-refractivity contribution is 0.102. The van der Waals surface area contributed by atoms with Crippen LogP contribution in [0.1, 0.15) is 34.1 Å². The second-order valence-corrected chi connectivity index (χ2v) is 6.29. The highest BCUT2D eigenvalue weighted by molar-refractivity contribution is 5.67. The monoisotopic (exact) mass is 257 g/mol. The summed E-state index contributed by atoms with van der Waals surface area (Å²) in [5.74, 6) is 0. The molecule has 5 heteroatoms. The molecule has 3 N–H and O–H groups in total. The Morgan fingerprint density at radius 3 is 2.56 bits per heavy atom. The number of hydrogen-bond acceptors (Lipinski definition) is 4. The number of likely N-dealkylation sites (tertiary alicyclic amines) is 1. The maximum absolute atomic E-state index is 11.2. The summed E-state index contributed by atoms with van der Waals surface area (Å²) in [6, 6.07) is 0.602. The molecule has 5 nitrogen and oxygen atoms in total. The summed E-state index contributed by atoms with van der Waals surface area (Å²) in [4.78, 5) is 13.6. The minimum absolute atomic E-state index is 0.113. The van der Waals surface area contributed by atoms with Crippen LogP contribution in [0.15, 0.2) is 0 Å². The van der Waals surface area contributed by atoms with E-state index in [0.29, 0.717) is 6.04 Å². The van der Waals surface area contributed by atoms with Crippen molar-refractivity contribution in [3.8, 4) is 0 Å². The number of ether oxygens (including phenoxy) is 1. The quantitative estimate of drug-likeness (QED) is 0.796. The molecule has 1 aliphatic rings. The van der Waals surface area contributed by atoms with Gasteiger partial charge in [-0.1, -0.05) is 20.8 Å². The maximum atomic E-state index is 11.2. The second-order valence-electron chi connectivity index (χ2n) is 6.29. The van der Waals surface area contributed by atoms with Crippen molar-refractivity contribution in [2.24, 2.45) is 11.1 Å². The first-order valence-corrected chi connectivity index (χ1v) is 6.60. The van der Waals surface area contributed by atoms with Gasteiger partial charge in [-0.3, -0.25) is 4.90 Å². The highest BCUT2D eigenvalue weighted by Crippen LogP contribution is 2.29. The van der Waals surface area contributed by atoms with E-state index in [1.807, 2.05) is 0 Å². The van der Waals surface area contributed by atoms with Gasteiger partial charge in [-0.05, 0) is 18.8 Å². The lowest BCUT2D eigenvalue weighted by Gasteiger charge is -2.40. The highest BCUT2D eigenvalue weighted by Gasteiger charge is 2.37. The van der Waals surface area contributed by atoms with Gasteiger partial charge in [0.2, 0.25) is 0 Å². The van der Waals surface area contributed by atoms with Crippen LogP contribution in [0.5, 0.6) is 0 Å². The van der Waals surface area contributed by atoms with Crippen LogP contribution < -0.4 is 11.1 Å². The van der Waals surface area contributed by atoms with Crippen molar-refractivity contribution in [3.63, 3.8) is 0 Å². The predicted molar refractivity (Wildman–Crippen MR) is 72.4 cm³/mol. The fourth-order valence-corrected chi connectivity index (χ4v) is 3.05. The third kappa shape index (κ3) is 3.85. The summed E-state index contributed by atoms with van der Waals surface area (Å²) >= 11 is 0. The second kappa shape index (κ2) is 5.89. The Morgan fingerprint density at radius 1 is 1.50 bits per heavy atom. The van der Waals surface area contributed by atoms with Crippen LogP contribution in [0, 0.1) is 5.41 Å². The molecule has 0 aromatic carbocycles. The number of methoxy groups -OCH3 is 1. The molecule has 1 aliphatic heterocycles. The van der Waals surface area contributed by atoms with Crippen molar-refractivity contribution in [3.05, 3.63) is 0 Å². The molecule has 3 atom stereocenters. The number of nitrogens with two attached hydrogens (primary N) is 1. The van der Waals surface area contributed by atoms with E-state index in [1.165, 1.54) is 7.11 Å². The minimum Gasteiger partial charge on any atom is -0.453 e. The molecule has 1 heterocycles. The summed E-state index contributed by atoms with van der Waals surface area (Å²) in [5, 5.41) is 2.86. The van der Waals surface area contributed by atoms with Crippen molar-refractivity contribution in [2.75, 3.05) is 20.2 Å². The standard InChI is InChI=1S/C13H27N3O2/c1-9(14)11(13(2,3)4)16-7-6-10(8-16)15-12(17)18-5/h9-11H,6-8,14H2,1-5H3,(H,15,17). The van der Waals surface area contributed by atoms with Gasteiger partial charge in [0.1, 0.15) is 0 Å². The lowest BCUT2D eigenvalue weighted by Crippen LogP contribution is -2.53. The number of nitrogens with zero attached hydrogens (tertiary/aromatic N) is 1. The first-order valence-electron chi connectivity index (χ1n) is 6.60. The predicted octanol–water partition coefficient (Wildman–Crippen LogP) is 1.18. The van der Waals surface area contributed by atoms with E-state index in [-0.39, 0.29) is 23.6 Å². The van der Waals surface area contributed by atoms with Crippen LogP contribution in [0.4, 0.5) is 4.79 Å². The number of amides is 1. The van der Waals surface area contributed by atoms with Crippen molar-refractivity contribution in [1.29, 1.82) is 0 Å². The molecule has 18 heavy (non-hydrogen) atoms. The molecule has 106 valence electrons. The molecule has 0 bridgehead atoms. The molecule has 1 saturated heterocycles. The molecule has 0 saturated carbocycles. The Hall–Kier alpha value is -0.810. The maximum Gasteiger partial charge on any atom is 0.407 e. The van der Waals surface area contributed by atoms with Gasteiger partial charge < -0.3 is 15.8 Å². The van der Waals surface area contributed by atoms with Crippen LogP contribution in [0.2, 0.25) is 0 Å². The number of rotatable bonds is 3. The van der Waals surface area contributed by atoms with Crippen LogP contribution in [-0.4, -0.2) is 49.3 Å². The van der Waals surface area contributed by atoms with E-state index < -0.39 is 0 Å². The molecular weight excluding hydrogens is 230 g/mol. The van der Waals surface area contributed by atoms with Crippen LogP contribution in [0.3, 0.4) is 0 Å². The van der Waals surface area contributed by atoms with Crippen molar-refractivity contribution >= 4 is 6.09 Å². The summed E-state index contributed by atoms with van der Waals surface area (Å²) in [5.41, 5.74) is 6.26. The van der Waals surface area contributed by atoms with E-state index in [4.69, 9.17) is 5.73 Å².